The standard InChI is InChI=1S/C20H19ClN4O/c1-13-5-2-3-8-18(13)25-19(14-9-10-14)17(12-22-25)20(26)24-23-16-7-4-6-15(21)11-16/h2-8,11-12,14,23H,9-10H2,1H3,(H,24,26). The Morgan fingerprint density at radius 2 is 2.00 bits per heavy atom. The van der Waals surface area contributed by atoms with E-state index in [0.717, 1.165) is 35.5 Å². The van der Waals surface area contributed by atoms with Crippen LogP contribution in [0.25, 0.3) is 5.69 Å². The zero-order valence-corrected chi connectivity index (χ0v) is 15.1. The molecule has 2 N–H and O–H groups in total. The maximum Gasteiger partial charge on any atom is 0.273 e. The van der Waals surface area contributed by atoms with Crippen molar-refractivity contribution in [2.24, 2.45) is 0 Å². The molecule has 5 nitrogen and oxygen atoms in total. The highest BCUT2D eigenvalue weighted by atomic mass is 35.5. The van der Waals surface area contributed by atoms with Gasteiger partial charge >= 0.3 is 0 Å². The van der Waals surface area contributed by atoms with Crippen LogP contribution in [-0.2, 0) is 0 Å². The van der Waals surface area contributed by atoms with Crippen molar-refractivity contribution >= 4 is 23.2 Å². The fourth-order valence-corrected chi connectivity index (χ4v) is 3.23. The van der Waals surface area contributed by atoms with E-state index in [4.69, 9.17) is 11.6 Å². The lowest BCUT2D eigenvalue weighted by molar-refractivity contribution is 0.0961. The smallest absolute Gasteiger partial charge is 0.273 e. The fourth-order valence-electron chi connectivity index (χ4n) is 3.04. The van der Waals surface area contributed by atoms with Gasteiger partial charge in [-0.15, -0.1) is 0 Å². The Bertz CT molecular complexity index is 962. The molecule has 1 fully saturated rings. The van der Waals surface area contributed by atoms with Crippen molar-refractivity contribution in [2.45, 2.75) is 25.7 Å². The highest BCUT2D eigenvalue weighted by Gasteiger charge is 2.33. The summed E-state index contributed by atoms with van der Waals surface area (Å²) in [6.45, 7) is 2.05. The molecule has 0 atom stereocenters. The highest BCUT2D eigenvalue weighted by molar-refractivity contribution is 6.30. The second kappa shape index (κ2) is 6.84. The summed E-state index contributed by atoms with van der Waals surface area (Å²) >= 11 is 5.97. The van der Waals surface area contributed by atoms with Crippen LogP contribution in [0.5, 0.6) is 0 Å². The molecule has 6 heteroatoms. The number of anilines is 1. The summed E-state index contributed by atoms with van der Waals surface area (Å²) in [7, 11) is 0. The van der Waals surface area contributed by atoms with E-state index in [9.17, 15) is 4.79 Å². The molecule has 0 unspecified atom stereocenters. The number of carbonyl (C=O) groups is 1. The average molecular weight is 367 g/mol. The molecule has 1 saturated carbocycles. The summed E-state index contributed by atoms with van der Waals surface area (Å²) in [5.74, 6) is 0.177. The molecule has 1 aromatic heterocycles. The molecule has 0 spiro atoms. The monoisotopic (exact) mass is 366 g/mol. The van der Waals surface area contributed by atoms with Gasteiger partial charge in [0.1, 0.15) is 0 Å². The first-order valence-corrected chi connectivity index (χ1v) is 8.97. The minimum absolute atomic E-state index is 0.202. The first-order chi connectivity index (χ1) is 12.6. The molecular formula is C20H19ClN4O. The van der Waals surface area contributed by atoms with Crippen molar-refractivity contribution in [3.05, 3.63) is 76.6 Å². The van der Waals surface area contributed by atoms with Gasteiger partial charge in [0.25, 0.3) is 5.91 Å². The molecule has 1 aliphatic rings. The van der Waals surface area contributed by atoms with Crippen molar-refractivity contribution in [2.75, 3.05) is 5.43 Å². The average Bonchev–Trinajstić information content (AvgIpc) is 3.38. The van der Waals surface area contributed by atoms with Crippen LogP contribution in [0.1, 0.15) is 40.4 Å². The summed E-state index contributed by atoms with van der Waals surface area (Å²) < 4.78 is 1.90. The molecule has 1 heterocycles. The zero-order valence-electron chi connectivity index (χ0n) is 14.4. The van der Waals surface area contributed by atoms with Crippen LogP contribution in [0.3, 0.4) is 0 Å². The molecule has 0 radical (unpaired) electrons. The van der Waals surface area contributed by atoms with Crippen LogP contribution in [0.4, 0.5) is 5.69 Å². The second-order valence-electron chi connectivity index (χ2n) is 6.51. The van der Waals surface area contributed by atoms with Crippen LogP contribution >= 0.6 is 11.6 Å². The Balaban J connectivity index is 1.60. The van der Waals surface area contributed by atoms with E-state index in [1.165, 1.54) is 0 Å². The molecule has 1 aliphatic carbocycles. The maximum atomic E-state index is 12.7. The first-order valence-electron chi connectivity index (χ1n) is 8.59. The van der Waals surface area contributed by atoms with Crippen molar-refractivity contribution in [1.29, 1.82) is 0 Å². The lowest BCUT2D eigenvalue weighted by Crippen LogP contribution is -2.30. The number of benzene rings is 2. The lowest BCUT2D eigenvalue weighted by atomic mass is 10.1. The van der Waals surface area contributed by atoms with Gasteiger partial charge in [-0.05, 0) is 49.6 Å². The molecule has 0 bridgehead atoms. The van der Waals surface area contributed by atoms with E-state index >= 15 is 0 Å². The number of aryl methyl sites for hydroxylation is 1. The number of hydrogen-bond acceptors (Lipinski definition) is 3. The number of rotatable bonds is 5. The largest absolute Gasteiger partial charge is 0.298 e. The minimum Gasteiger partial charge on any atom is -0.298 e. The summed E-state index contributed by atoms with van der Waals surface area (Å²) in [4.78, 5) is 12.7. The second-order valence-corrected chi connectivity index (χ2v) is 6.94. The zero-order chi connectivity index (χ0) is 18.1. The Hall–Kier alpha value is -2.79. The van der Waals surface area contributed by atoms with Crippen LogP contribution < -0.4 is 10.9 Å². The molecule has 1 amide bonds. The third kappa shape index (κ3) is 3.30. The minimum atomic E-state index is -0.202. The third-order valence-electron chi connectivity index (χ3n) is 4.50. The lowest BCUT2D eigenvalue weighted by Gasteiger charge is -2.12. The van der Waals surface area contributed by atoms with Gasteiger partial charge in [-0.25, -0.2) is 4.68 Å². The number of halogens is 1. The van der Waals surface area contributed by atoms with E-state index in [1.54, 1.807) is 18.3 Å². The van der Waals surface area contributed by atoms with E-state index in [1.807, 2.05) is 48.0 Å². The molecular weight excluding hydrogens is 348 g/mol. The summed E-state index contributed by atoms with van der Waals surface area (Å²) in [5.41, 5.74) is 10.1. The number of nitrogens with zero attached hydrogens (tertiary/aromatic N) is 2. The van der Waals surface area contributed by atoms with E-state index in [2.05, 4.69) is 16.0 Å². The molecule has 4 rings (SSSR count). The number of aromatic nitrogens is 2. The van der Waals surface area contributed by atoms with Crippen LogP contribution in [0.15, 0.2) is 54.7 Å². The van der Waals surface area contributed by atoms with Gasteiger partial charge in [0.05, 0.1) is 28.8 Å². The SMILES string of the molecule is Cc1ccccc1-n1ncc(C(=O)NNc2cccc(Cl)c2)c1C1CC1. The van der Waals surface area contributed by atoms with Crippen molar-refractivity contribution < 1.29 is 4.79 Å². The Morgan fingerprint density at radius 1 is 1.19 bits per heavy atom. The van der Waals surface area contributed by atoms with Crippen molar-refractivity contribution in [3.63, 3.8) is 0 Å². The topological polar surface area (TPSA) is 59.0 Å². The number of para-hydroxylation sites is 1. The van der Waals surface area contributed by atoms with Gasteiger partial charge in [0.2, 0.25) is 0 Å². The van der Waals surface area contributed by atoms with Gasteiger partial charge in [-0.1, -0.05) is 35.9 Å². The fraction of sp³-hybridized carbons (Fsp3) is 0.200. The van der Waals surface area contributed by atoms with E-state index in [0.29, 0.717) is 16.5 Å². The highest BCUT2D eigenvalue weighted by Crippen LogP contribution is 2.42. The number of hydrogen-bond donors (Lipinski definition) is 2. The van der Waals surface area contributed by atoms with Gasteiger partial charge in [-0.3, -0.25) is 15.6 Å². The van der Waals surface area contributed by atoms with Crippen LogP contribution in [-0.4, -0.2) is 15.7 Å². The van der Waals surface area contributed by atoms with Crippen LogP contribution in [0.2, 0.25) is 5.02 Å². The predicted molar refractivity (Wildman–Crippen MR) is 103 cm³/mol. The quantitative estimate of drug-likeness (QED) is 0.655. The Kier molecular flexibility index (Phi) is 4.39. The predicted octanol–water partition coefficient (Wildman–Crippen LogP) is 4.47. The van der Waals surface area contributed by atoms with Gasteiger partial charge < -0.3 is 0 Å². The maximum absolute atomic E-state index is 12.7. The molecule has 132 valence electrons. The Morgan fingerprint density at radius 3 is 2.73 bits per heavy atom. The normalized spacial score (nSPS) is 13.5. The Labute approximate surface area is 157 Å². The van der Waals surface area contributed by atoms with Gasteiger partial charge in [0.15, 0.2) is 0 Å². The molecule has 0 saturated heterocycles. The number of amides is 1. The number of hydrazine groups is 1. The molecule has 0 aliphatic heterocycles. The number of nitrogens with one attached hydrogen (secondary N) is 2. The van der Waals surface area contributed by atoms with Crippen molar-refractivity contribution in [1.82, 2.24) is 15.2 Å². The molecule has 26 heavy (non-hydrogen) atoms. The van der Waals surface area contributed by atoms with E-state index < -0.39 is 0 Å². The van der Waals surface area contributed by atoms with Crippen LogP contribution in [0, 0.1) is 6.92 Å². The van der Waals surface area contributed by atoms with E-state index in [-0.39, 0.29) is 5.91 Å². The van der Waals surface area contributed by atoms with Gasteiger partial charge in [-0.2, -0.15) is 5.10 Å². The summed E-state index contributed by atoms with van der Waals surface area (Å²) in [5, 5.41) is 5.11. The third-order valence-corrected chi connectivity index (χ3v) is 4.74. The summed E-state index contributed by atoms with van der Waals surface area (Å²) in [6, 6.07) is 15.3. The molecule has 2 aromatic carbocycles. The molecule has 3 aromatic rings. The number of carbonyl (C=O) groups excluding carboxylic acids is 1. The summed E-state index contributed by atoms with van der Waals surface area (Å²) in [6.07, 6.45) is 3.81. The van der Waals surface area contributed by atoms with Gasteiger partial charge in [0, 0.05) is 10.9 Å². The first kappa shape index (κ1) is 16.7. The van der Waals surface area contributed by atoms with Crippen molar-refractivity contribution in [3.8, 4) is 5.69 Å².